The maximum absolute atomic E-state index is 3.98. The first-order valence-corrected chi connectivity index (χ1v) is 8.82. The van der Waals surface area contributed by atoms with E-state index < -0.39 is 0 Å². The molecule has 0 atom stereocenters. The van der Waals surface area contributed by atoms with Gasteiger partial charge in [-0.1, -0.05) is 36.5 Å². The molecule has 0 bridgehead atoms. The average Bonchev–Trinajstić information content (AvgIpc) is 2.45. The van der Waals surface area contributed by atoms with E-state index in [1.807, 2.05) is 6.08 Å². The highest BCUT2D eigenvalue weighted by atomic mass is 15.1. The van der Waals surface area contributed by atoms with E-state index in [4.69, 9.17) is 0 Å². The Morgan fingerprint density at radius 2 is 1.43 bits per heavy atom. The largest absolute Gasteiger partial charge is 0.309 e. The molecule has 0 fully saturated rings. The van der Waals surface area contributed by atoms with Gasteiger partial charge in [0.15, 0.2) is 0 Å². The lowest BCUT2D eigenvalue weighted by atomic mass is 10.1. The molecular weight excluding hydrogens is 282 g/mol. The second-order valence-electron chi connectivity index (χ2n) is 7.04. The van der Waals surface area contributed by atoms with Gasteiger partial charge in [-0.15, -0.1) is 0 Å². The Balaban J connectivity index is 4.31. The van der Waals surface area contributed by atoms with Gasteiger partial charge < -0.3 is 9.80 Å². The molecule has 0 N–H and O–H groups in total. The molecule has 0 aliphatic rings. The molecule has 0 aliphatic carbocycles. The zero-order chi connectivity index (χ0) is 17.7. The van der Waals surface area contributed by atoms with Crippen molar-refractivity contribution in [3.8, 4) is 0 Å². The predicted octanol–water partition coefficient (Wildman–Crippen LogP) is 3.66. The Kier molecular flexibility index (Phi) is 13.0. The van der Waals surface area contributed by atoms with Crippen LogP contribution in [0.4, 0.5) is 0 Å². The molecule has 23 heavy (non-hydrogen) atoms. The highest BCUT2D eigenvalue weighted by Gasteiger charge is 2.06. The maximum Gasteiger partial charge on any atom is 0.0190 e. The van der Waals surface area contributed by atoms with Gasteiger partial charge in [0.2, 0.25) is 0 Å². The standard InChI is InChI=1S/C20H39N3/c1-8-19(2)12-9-13-20(3)18-23(16-10-14-21(4)5)17-11-15-22(6)7/h8,13H,1-2,9-12,14-18H2,3-7H3/b20-13-. The first-order chi connectivity index (χ1) is 10.8. The summed E-state index contributed by atoms with van der Waals surface area (Å²) >= 11 is 0. The molecule has 0 saturated carbocycles. The van der Waals surface area contributed by atoms with Crippen LogP contribution in [0.15, 0.2) is 36.5 Å². The van der Waals surface area contributed by atoms with E-state index in [-0.39, 0.29) is 0 Å². The summed E-state index contributed by atoms with van der Waals surface area (Å²) < 4.78 is 0. The van der Waals surface area contributed by atoms with Crippen LogP contribution in [0.2, 0.25) is 0 Å². The predicted molar refractivity (Wildman–Crippen MR) is 105 cm³/mol. The molecule has 0 saturated heterocycles. The second kappa shape index (κ2) is 13.5. The summed E-state index contributed by atoms with van der Waals surface area (Å²) in [6.07, 6.45) is 8.77. The first-order valence-electron chi connectivity index (χ1n) is 8.82. The molecule has 3 nitrogen and oxygen atoms in total. The van der Waals surface area contributed by atoms with Gasteiger partial charge in [-0.25, -0.2) is 0 Å². The number of nitrogens with zero attached hydrogens (tertiary/aromatic N) is 3. The quantitative estimate of drug-likeness (QED) is 0.357. The number of rotatable bonds is 14. The average molecular weight is 322 g/mol. The fraction of sp³-hybridized carbons (Fsp3) is 0.700. The molecule has 0 heterocycles. The topological polar surface area (TPSA) is 9.72 Å². The normalized spacial score (nSPS) is 12.4. The molecule has 0 radical (unpaired) electrons. The Labute approximate surface area is 145 Å². The van der Waals surface area contributed by atoms with E-state index in [1.54, 1.807) is 0 Å². The van der Waals surface area contributed by atoms with Crippen molar-refractivity contribution in [2.24, 2.45) is 0 Å². The first kappa shape index (κ1) is 22.1. The van der Waals surface area contributed by atoms with Crippen molar-refractivity contribution in [1.82, 2.24) is 14.7 Å². The van der Waals surface area contributed by atoms with Gasteiger partial charge in [0.1, 0.15) is 0 Å². The molecule has 0 aliphatic heterocycles. The zero-order valence-electron chi connectivity index (χ0n) is 16.3. The van der Waals surface area contributed by atoms with Crippen molar-refractivity contribution in [2.45, 2.75) is 32.6 Å². The van der Waals surface area contributed by atoms with Crippen LogP contribution in [0, 0.1) is 0 Å². The van der Waals surface area contributed by atoms with Crippen LogP contribution in [0.3, 0.4) is 0 Å². The maximum atomic E-state index is 3.98. The van der Waals surface area contributed by atoms with Crippen LogP contribution in [0.25, 0.3) is 0 Å². The van der Waals surface area contributed by atoms with Crippen LogP contribution in [0.1, 0.15) is 32.6 Å². The fourth-order valence-corrected chi connectivity index (χ4v) is 2.51. The summed E-state index contributed by atoms with van der Waals surface area (Å²) in [5.41, 5.74) is 2.60. The van der Waals surface area contributed by atoms with Gasteiger partial charge in [-0.05, 0) is 87.0 Å². The lowest BCUT2D eigenvalue weighted by molar-refractivity contribution is 0.256. The highest BCUT2D eigenvalue weighted by Crippen LogP contribution is 2.08. The Bertz CT molecular complexity index is 342. The van der Waals surface area contributed by atoms with Crippen molar-refractivity contribution in [3.05, 3.63) is 36.5 Å². The third-order valence-corrected chi connectivity index (χ3v) is 3.88. The third kappa shape index (κ3) is 14.4. The van der Waals surface area contributed by atoms with Crippen LogP contribution in [-0.2, 0) is 0 Å². The minimum absolute atomic E-state index is 1.02. The van der Waals surface area contributed by atoms with Crippen LogP contribution < -0.4 is 0 Å². The minimum atomic E-state index is 1.02. The molecular formula is C20H39N3. The van der Waals surface area contributed by atoms with E-state index >= 15 is 0 Å². The van der Waals surface area contributed by atoms with Gasteiger partial charge in [-0.2, -0.15) is 0 Å². The summed E-state index contributed by atoms with van der Waals surface area (Å²) in [5.74, 6) is 0. The van der Waals surface area contributed by atoms with E-state index in [0.29, 0.717) is 0 Å². The molecule has 0 amide bonds. The molecule has 0 unspecified atom stereocenters. The lowest BCUT2D eigenvalue weighted by Crippen LogP contribution is -2.31. The van der Waals surface area contributed by atoms with Crippen molar-refractivity contribution >= 4 is 0 Å². The van der Waals surface area contributed by atoms with Crippen molar-refractivity contribution in [1.29, 1.82) is 0 Å². The smallest absolute Gasteiger partial charge is 0.0190 e. The van der Waals surface area contributed by atoms with E-state index in [0.717, 1.165) is 38.0 Å². The fourth-order valence-electron chi connectivity index (χ4n) is 2.51. The summed E-state index contributed by atoms with van der Waals surface area (Å²) in [7, 11) is 8.59. The monoisotopic (exact) mass is 321 g/mol. The number of allylic oxidation sites excluding steroid dienone is 3. The molecule has 134 valence electrons. The highest BCUT2D eigenvalue weighted by molar-refractivity contribution is 5.12. The van der Waals surface area contributed by atoms with Crippen molar-refractivity contribution < 1.29 is 0 Å². The third-order valence-electron chi connectivity index (χ3n) is 3.88. The molecule has 0 aromatic rings. The lowest BCUT2D eigenvalue weighted by Gasteiger charge is -2.24. The minimum Gasteiger partial charge on any atom is -0.309 e. The number of hydrogen-bond acceptors (Lipinski definition) is 3. The van der Waals surface area contributed by atoms with Gasteiger partial charge >= 0.3 is 0 Å². The van der Waals surface area contributed by atoms with E-state index in [9.17, 15) is 0 Å². The van der Waals surface area contributed by atoms with Crippen LogP contribution in [-0.4, -0.2) is 75.6 Å². The molecule has 0 aromatic carbocycles. The Morgan fingerprint density at radius 3 is 1.87 bits per heavy atom. The number of hydrogen-bond donors (Lipinski definition) is 0. The van der Waals surface area contributed by atoms with Gasteiger partial charge in [-0.3, -0.25) is 4.90 Å². The summed E-state index contributed by atoms with van der Waals surface area (Å²) in [6, 6.07) is 0. The Morgan fingerprint density at radius 1 is 0.913 bits per heavy atom. The van der Waals surface area contributed by atoms with Gasteiger partial charge in [0.25, 0.3) is 0 Å². The van der Waals surface area contributed by atoms with Crippen molar-refractivity contribution in [3.63, 3.8) is 0 Å². The van der Waals surface area contributed by atoms with Gasteiger partial charge in [0, 0.05) is 6.54 Å². The molecule has 0 rings (SSSR count). The molecule has 0 aromatic heterocycles. The molecule has 3 heteroatoms. The summed E-state index contributed by atoms with van der Waals surface area (Å²) in [6.45, 7) is 15.8. The SMILES string of the molecule is C=CC(=C)CC/C=C(/C)CN(CCCN(C)C)CCCN(C)C. The summed E-state index contributed by atoms with van der Waals surface area (Å²) in [4.78, 5) is 7.13. The van der Waals surface area contributed by atoms with E-state index in [2.05, 4.69) is 69.0 Å². The van der Waals surface area contributed by atoms with E-state index in [1.165, 1.54) is 31.5 Å². The second-order valence-corrected chi connectivity index (χ2v) is 7.04. The summed E-state index contributed by atoms with van der Waals surface area (Å²) in [5, 5.41) is 0. The van der Waals surface area contributed by atoms with Crippen LogP contribution in [0.5, 0.6) is 0 Å². The van der Waals surface area contributed by atoms with Gasteiger partial charge in [0.05, 0.1) is 0 Å². The van der Waals surface area contributed by atoms with Crippen molar-refractivity contribution in [2.75, 3.05) is 60.9 Å². The Hall–Kier alpha value is -0.900. The molecule has 0 spiro atoms. The zero-order valence-corrected chi connectivity index (χ0v) is 16.3. The van der Waals surface area contributed by atoms with Crippen LogP contribution >= 0.6 is 0 Å².